The van der Waals surface area contributed by atoms with Crippen LogP contribution >= 0.6 is 0 Å². The van der Waals surface area contributed by atoms with E-state index in [4.69, 9.17) is 9.47 Å². The molecular weight excluding hydrogens is 258 g/mol. The predicted octanol–water partition coefficient (Wildman–Crippen LogP) is 2.14. The molecule has 2 rings (SSSR count). The molecule has 1 aliphatic carbocycles. The number of rotatable bonds is 4. The first-order chi connectivity index (χ1) is 9.60. The summed E-state index contributed by atoms with van der Waals surface area (Å²) in [6, 6.07) is 3.47. The van der Waals surface area contributed by atoms with Gasteiger partial charge < -0.3 is 9.47 Å². The fraction of sp³-hybridized carbons (Fsp3) is 0.533. The first-order valence-electron chi connectivity index (χ1n) is 6.78. The maximum atomic E-state index is 12.0. The molecule has 5 heteroatoms. The van der Waals surface area contributed by atoms with Gasteiger partial charge in [0.2, 0.25) is 0 Å². The Kier molecular flexibility index (Phi) is 4.71. The first kappa shape index (κ1) is 14.5. The van der Waals surface area contributed by atoms with E-state index in [0.717, 1.165) is 0 Å². The molecule has 0 aliphatic heterocycles. The van der Waals surface area contributed by atoms with Crippen LogP contribution in [-0.2, 0) is 20.9 Å². The summed E-state index contributed by atoms with van der Waals surface area (Å²) in [5.41, 5.74) is 0.651. The molecule has 0 saturated heterocycles. The summed E-state index contributed by atoms with van der Waals surface area (Å²) in [5, 5.41) is 0. The molecule has 108 valence electrons. The first-order valence-corrected chi connectivity index (χ1v) is 6.78. The van der Waals surface area contributed by atoms with Crippen molar-refractivity contribution < 1.29 is 19.1 Å². The molecule has 1 aliphatic rings. The fourth-order valence-corrected chi connectivity index (χ4v) is 2.38. The lowest BCUT2D eigenvalue weighted by molar-refractivity contribution is -0.152. The minimum atomic E-state index is -0.242. The lowest BCUT2D eigenvalue weighted by Crippen LogP contribution is -2.28. The number of Topliss-reactive ketones (excluding diaryl/α,β-unsaturated/α-hetero) is 1. The average molecular weight is 277 g/mol. The van der Waals surface area contributed by atoms with Crippen LogP contribution in [0.1, 0.15) is 31.9 Å². The van der Waals surface area contributed by atoms with Gasteiger partial charge in [-0.2, -0.15) is 0 Å². The lowest BCUT2D eigenvalue weighted by atomic mass is 9.81. The highest BCUT2D eigenvalue weighted by Crippen LogP contribution is 2.27. The summed E-state index contributed by atoms with van der Waals surface area (Å²) in [7, 11) is 1.57. The van der Waals surface area contributed by atoms with Gasteiger partial charge in [0.15, 0.2) is 0 Å². The minimum Gasteiger partial charge on any atom is -0.497 e. The SMILES string of the molecule is COc1ccnc(COC(=O)[C@@H]2CCC(=O)[C@H](C)C2)c1. The van der Waals surface area contributed by atoms with Crippen molar-refractivity contribution in [2.75, 3.05) is 7.11 Å². The van der Waals surface area contributed by atoms with E-state index < -0.39 is 0 Å². The van der Waals surface area contributed by atoms with Crippen LogP contribution in [0.5, 0.6) is 5.75 Å². The van der Waals surface area contributed by atoms with Crippen molar-refractivity contribution in [2.45, 2.75) is 32.8 Å². The smallest absolute Gasteiger partial charge is 0.309 e. The van der Waals surface area contributed by atoms with E-state index in [0.29, 0.717) is 30.7 Å². The van der Waals surface area contributed by atoms with Gasteiger partial charge in [0, 0.05) is 24.6 Å². The molecular formula is C15H19NO4. The number of carbonyl (C=O) groups excluding carboxylic acids is 2. The van der Waals surface area contributed by atoms with Gasteiger partial charge in [-0.15, -0.1) is 0 Å². The maximum absolute atomic E-state index is 12.0. The van der Waals surface area contributed by atoms with Crippen molar-refractivity contribution >= 4 is 11.8 Å². The zero-order valence-electron chi connectivity index (χ0n) is 11.8. The van der Waals surface area contributed by atoms with E-state index in [1.807, 2.05) is 6.92 Å². The van der Waals surface area contributed by atoms with Gasteiger partial charge in [-0.3, -0.25) is 14.6 Å². The van der Waals surface area contributed by atoms with Crippen molar-refractivity contribution in [2.24, 2.45) is 11.8 Å². The minimum absolute atomic E-state index is 0.0451. The Morgan fingerprint density at radius 2 is 2.30 bits per heavy atom. The van der Waals surface area contributed by atoms with Crippen LogP contribution in [0.3, 0.4) is 0 Å². The van der Waals surface area contributed by atoms with Gasteiger partial charge in [-0.1, -0.05) is 6.92 Å². The number of carbonyl (C=O) groups is 2. The van der Waals surface area contributed by atoms with Crippen LogP contribution in [0, 0.1) is 11.8 Å². The third kappa shape index (κ3) is 3.56. The van der Waals surface area contributed by atoms with E-state index in [-0.39, 0.29) is 30.2 Å². The molecule has 0 spiro atoms. The summed E-state index contributed by atoms with van der Waals surface area (Å²) in [6.45, 7) is 2.00. The summed E-state index contributed by atoms with van der Waals surface area (Å²) in [6.07, 6.45) is 3.26. The molecule has 1 aromatic rings. The van der Waals surface area contributed by atoms with E-state index in [1.165, 1.54) is 0 Å². The molecule has 0 aromatic carbocycles. The maximum Gasteiger partial charge on any atom is 0.309 e. The normalized spacial score (nSPS) is 22.4. The Morgan fingerprint density at radius 1 is 1.50 bits per heavy atom. The molecule has 2 atom stereocenters. The zero-order valence-corrected chi connectivity index (χ0v) is 11.8. The quantitative estimate of drug-likeness (QED) is 0.789. The monoisotopic (exact) mass is 277 g/mol. The zero-order chi connectivity index (χ0) is 14.5. The second-order valence-electron chi connectivity index (χ2n) is 5.13. The molecule has 5 nitrogen and oxygen atoms in total. The highest BCUT2D eigenvalue weighted by atomic mass is 16.5. The largest absolute Gasteiger partial charge is 0.497 e. The highest BCUT2D eigenvalue weighted by molar-refractivity contribution is 5.84. The summed E-state index contributed by atoms with van der Waals surface area (Å²) >= 11 is 0. The lowest BCUT2D eigenvalue weighted by Gasteiger charge is -2.24. The topological polar surface area (TPSA) is 65.5 Å². The number of esters is 1. The molecule has 1 saturated carbocycles. The summed E-state index contributed by atoms with van der Waals surface area (Å²) < 4.78 is 10.4. The van der Waals surface area contributed by atoms with E-state index in [1.54, 1.807) is 25.4 Å². The van der Waals surface area contributed by atoms with Crippen LogP contribution in [0.15, 0.2) is 18.3 Å². The van der Waals surface area contributed by atoms with Crippen LogP contribution in [0.2, 0.25) is 0 Å². The molecule has 0 amide bonds. The van der Waals surface area contributed by atoms with Gasteiger partial charge in [-0.05, 0) is 18.9 Å². The van der Waals surface area contributed by atoms with Gasteiger partial charge in [0.25, 0.3) is 0 Å². The number of ether oxygens (including phenoxy) is 2. The second-order valence-corrected chi connectivity index (χ2v) is 5.13. The molecule has 1 aromatic heterocycles. The third-order valence-corrected chi connectivity index (χ3v) is 3.65. The standard InChI is InChI=1S/C15H19NO4/c1-10-7-11(3-4-14(10)17)15(18)20-9-12-8-13(19-2)5-6-16-12/h5-6,8,10-11H,3-4,7,9H2,1-2H3/t10-,11-/m1/s1. The Bertz CT molecular complexity index is 500. The Balaban J connectivity index is 1.87. The second kappa shape index (κ2) is 6.50. The molecule has 0 N–H and O–H groups in total. The van der Waals surface area contributed by atoms with Crippen LogP contribution in [0.4, 0.5) is 0 Å². The van der Waals surface area contributed by atoms with Crippen LogP contribution in [-0.4, -0.2) is 23.8 Å². The molecule has 0 bridgehead atoms. The number of nitrogens with zero attached hydrogens (tertiary/aromatic N) is 1. The number of aromatic nitrogens is 1. The molecule has 0 radical (unpaired) electrons. The number of hydrogen-bond acceptors (Lipinski definition) is 5. The van der Waals surface area contributed by atoms with Gasteiger partial charge in [-0.25, -0.2) is 0 Å². The Hall–Kier alpha value is -1.91. The fourth-order valence-electron chi connectivity index (χ4n) is 2.38. The van der Waals surface area contributed by atoms with Crippen LogP contribution in [0.25, 0.3) is 0 Å². The Labute approximate surface area is 118 Å². The number of pyridine rings is 1. The van der Waals surface area contributed by atoms with Crippen molar-refractivity contribution in [3.63, 3.8) is 0 Å². The van der Waals surface area contributed by atoms with Crippen molar-refractivity contribution in [3.05, 3.63) is 24.0 Å². The number of ketones is 1. The predicted molar refractivity (Wildman–Crippen MR) is 72.1 cm³/mol. The molecule has 1 fully saturated rings. The Morgan fingerprint density at radius 3 is 3.00 bits per heavy atom. The van der Waals surface area contributed by atoms with E-state index in [2.05, 4.69) is 4.98 Å². The van der Waals surface area contributed by atoms with Gasteiger partial charge in [0.05, 0.1) is 18.7 Å². The summed E-state index contributed by atoms with van der Waals surface area (Å²) in [4.78, 5) is 27.5. The van der Waals surface area contributed by atoms with Gasteiger partial charge in [0.1, 0.15) is 18.1 Å². The van der Waals surface area contributed by atoms with Crippen LogP contribution < -0.4 is 4.74 Å². The molecule has 0 unspecified atom stereocenters. The average Bonchev–Trinajstić information content (AvgIpc) is 2.47. The molecule has 1 heterocycles. The number of methoxy groups -OCH3 is 1. The van der Waals surface area contributed by atoms with E-state index in [9.17, 15) is 9.59 Å². The summed E-state index contributed by atoms with van der Waals surface area (Å²) in [5.74, 6) is 0.463. The van der Waals surface area contributed by atoms with E-state index >= 15 is 0 Å². The van der Waals surface area contributed by atoms with Crippen molar-refractivity contribution in [1.82, 2.24) is 4.98 Å². The molecule has 20 heavy (non-hydrogen) atoms. The van der Waals surface area contributed by atoms with Crippen molar-refractivity contribution in [3.8, 4) is 5.75 Å². The number of hydrogen-bond donors (Lipinski definition) is 0. The van der Waals surface area contributed by atoms with Gasteiger partial charge >= 0.3 is 5.97 Å². The highest BCUT2D eigenvalue weighted by Gasteiger charge is 2.30. The third-order valence-electron chi connectivity index (χ3n) is 3.65. The van der Waals surface area contributed by atoms with Crippen molar-refractivity contribution in [1.29, 1.82) is 0 Å².